The van der Waals surface area contributed by atoms with Crippen molar-refractivity contribution in [2.75, 3.05) is 18.5 Å². The molecule has 176 valence electrons. The largest absolute Gasteiger partial charge is 0.474 e. The Morgan fingerprint density at radius 3 is 2.35 bits per heavy atom. The normalized spacial score (nSPS) is 16.4. The molecule has 1 amide bonds. The fourth-order valence-corrected chi connectivity index (χ4v) is 5.33. The zero-order valence-corrected chi connectivity index (χ0v) is 20.0. The maximum absolute atomic E-state index is 12.3. The van der Waals surface area contributed by atoms with E-state index in [1.54, 1.807) is 4.90 Å². The molecule has 6 nitrogen and oxygen atoms in total. The lowest BCUT2D eigenvalue weighted by molar-refractivity contribution is -0.0328. The highest BCUT2D eigenvalue weighted by Gasteiger charge is 2.50. The number of amides is 1. The van der Waals surface area contributed by atoms with Crippen molar-refractivity contribution in [3.8, 4) is 28.3 Å². The molecule has 34 heavy (non-hydrogen) atoms. The summed E-state index contributed by atoms with van der Waals surface area (Å²) in [6.07, 6.45) is 1.82. The molecule has 3 aromatic rings. The van der Waals surface area contributed by atoms with E-state index < -0.39 is 17.2 Å². The SMILES string of the molecule is CC(C)(C)N(C(=O)O)C1(c2ccc(-c3nc4c(cc3-c3ccccc3)NCCO4)cc2)CCC1. The molecule has 0 bridgehead atoms. The van der Waals surface area contributed by atoms with Crippen LogP contribution in [0.5, 0.6) is 5.88 Å². The van der Waals surface area contributed by atoms with Gasteiger partial charge in [-0.1, -0.05) is 54.6 Å². The first kappa shape index (κ1) is 22.3. The van der Waals surface area contributed by atoms with Gasteiger partial charge in [-0.15, -0.1) is 0 Å². The topological polar surface area (TPSA) is 74.7 Å². The van der Waals surface area contributed by atoms with Gasteiger partial charge >= 0.3 is 6.09 Å². The smallest absolute Gasteiger partial charge is 0.408 e. The van der Waals surface area contributed by atoms with Crippen molar-refractivity contribution < 1.29 is 14.6 Å². The lowest BCUT2D eigenvalue weighted by atomic mass is 9.69. The summed E-state index contributed by atoms with van der Waals surface area (Å²) in [4.78, 5) is 18.8. The van der Waals surface area contributed by atoms with Crippen LogP contribution in [0.3, 0.4) is 0 Å². The number of hydrogen-bond acceptors (Lipinski definition) is 4. The number of nitrogens with zero attached hydrogens (tertiary/aromatic N) is 2. The van der Waals surface area contributed by atoms with E-state index in [1.807, 2.05) is 39.0 Å². The number of aromatic nitrogens is 1. The standard InChI is InChI=1S/C28H31N3O3/c1-27(2,3)31(26(32)33)28(14-7-15-28)21-12-10-20(11-13-21)24-22(19-8-5-4-6-9-19)18-23-25(30-24)34-17-16-29-23/h4-6,8-13,18,29H,7,14-17H2,1-3H3,(H,32,33). The first-order valence-corrected chi connectivity index (χ1v) is 11.9. The third kappa shape index (κ3) is 3.77. The van der Waals surface area contributed by atoms with Gasteiger partial charge in [-0.25, -0.2) is 9.78 Å². The van der Waals surface area contributed by atoms with Gasteiger partial charge in [0.05, 0.1) is 16.9 Å². The van der Waals surface area contributed by atoms with Crippen molar-refractivity contribution in [2.24, 2.45) is 0 Å². The number of hydrogen-bond donors (Lipinski definition) is 2. The minimum atomic E-state index is -0.872. The Balaban J connectivity index is 1.58. The number of carbonyl (C=O) groups is 1. The Labute approximate surface area is 200 Å². The van der Waals surface area contributed by atoms with Gasteiger partial charge in [0.15, 0.2) is 0 Å². The molecule has 1 saturated carbocycles. The minimum Gasteiger partial charge on any atom is -0.474 e. The predicted octanol–water partition coefficient (Wildman–Crippen LogP) is 6.38. The maximum Gasteiger partial charge on any atom is 0.408 e. The average molecular weight is 458 g/mol. The van der Waals surface area contributed by atoms with Crippen LogP contribution in [0, 0.1) is 0 Å². The first-order chi connectivity index (χ1) is 16.3. The molecule has 2 heterocycles. The predicted molar refractivity (Wildman–Crippen MR) is 134 cm³/mol. The van der Waals surface area contributed by atoms with Crippen LogP contribution in [0.25, 0.3) is 22.4 Å². The van der Waals surface area contributed by atoms with Gasteiger partial charge in [-0.2, -0.15) is 0 Å². The number of nitrogens with one attached hydrogen (secondary N) is 1. The van der Waals surface area contributed by atoms with Crippen molar-refractivity contribution in [3.05, 3.63) is 66.2 Å². The molecule has 6 heteroatoms. The molecule has 2 aromatic carbocycles. The molecule has 0 atom stereocenters. The van der Waals surface area contributed by atoms with Crippen molar-refractivity contribution in [2.45, 2.75) is 51.1 Å². The summed E-state index contributed by atoms with van der Waals surface area (Å²) in [5.74, 6) is 0.616. The minimum absolute atomic E-state index is 0.485. The number of pyridine rings is 1. The summed E-state index contributed by atoms with van der Waals surface area (Å²) >= 11 is 0. The maximum atomic E-state index is 12.3. The van der Waals surface area contributed by atoms with E-state index in [0.717, 1.165) is 59.4 Å². The molecule has 2 aliphatic rings. The molecule has 1 aliphatic carbocycles. The molecular formula is C28H31N3O3. The van der Waals surface area contributed by atoms with Crippen LogP contribution in [0.1, 0.15) is 45.6 Å². The molecule has 1 aromatic heterocycles. The quantitative estimate of drug-likeness (QED) is 0.476. The van der Waals surface area contributed by atoms with Gasteiger partial charge in [-0.05, 0) is 57.2 Å². The second-order valence-electron chi connectivity index (χ2n) is 10.1. The van der Waals surface area contributed by atoms with Crippen LogP contribution in [0.2, 0.25) is 0 Å². The van der Waals surface area contributed by atoms with Crippen LogP contribution < -0.4 is 10.1 Å². The van der Waals surface area contributed by atoms with Gasteiger partial charge in [0.1, 0.15) is 6.61 Å². The van der Waals surface area contributed by atoms with E-state index in [9.17, 15) is 9.90 Å². The molecule has 5 rings (SSSR count). The molecule has 1 aliphatic heterocycles. The molecule has 0 saturated heterocycles. The highest BCUT2D eigenvalue weighted by atomic mass is 16.5. The zero-order chi connectivity index (χ0) is 23.9. The summed E-state index contributed by atoms with van der Waals surface area (Å²) in [7, 11) is 0. The first-order valence-electron chi connectivity index (χ1n) is 11.9. The summed E-state index contributed by atoms with van der Waals surface area (Å²) in [6, 6.07) is 20.6. The Bertz CT molecular complexity index is 1200. The monoisotopic (exact) mass is 457 g/mol. The van der Waals surface area contributed by atoms with E-state index in [-0.39, 0.29) is 0 Å². The molecule has 2 N–H and O–H groups in total. The van der Waals surface area contributed by atoms with E-state index in [2.05, 4.69) is 47.8 Å². The molecule has 0 unspecified atom stereocenters. The Morgan fingerprint density at radius 2 is 1.76 bits per heavy atom. The van der Waals surface area contributed by atoms with E-state index in [0.29, 0.717) is 12.5 Å². The fraction of sp³-hybridized carbons (Fsp3) is 0.357. The van der Waals surface area contributed by atoms with Gasteiger partial charge in [0, 0.05) is 23.2 Å². The van der Waals surface area contributed by atoms with Gasteiger partial charge in [-0.3, -0.25) is 4.90 Å². The highest BCUT2D eigenvalue weighted by Crippen LogP contribution is 2.50. The molecule has 0 radical (unpaired) electrons. The summed E-state index contributed by atoms with van der Waals surface area (Å²) in [6.45, 7) is 7.24. The average Bonchev–Trinajstić information content (AvgIpc) is 2.80. The molecule has 0 spiro atoms. The van der Waals surface area contributed by atoms with Gasteiger partial charge in [0.2, 0.25) is 5.88 Å². The summed E-state index contributed by atoms with van der Waals surface area (Å²) in [5.41, 5.74) is 4.92. The lowest BCUT2D eigenvalue weighted by Crippen LogP contribution is -2.60. The van der Waals surface area contributed by atoms with Crippen LogP contribution >= 0.6 is 0 Å². The zero-order valence-electron chi connectivity index (χ0n) is 20.0. The number of fused-ring (bicyclic) bond motifs is 1. The number of ether oxygens (including phenoxy) is 1. The Morgan fingerprint density at radius 1 is 1.06 bits per heavy atom. The third-order valence-corrected chi connectivity index (χ3v) is 6.90. The van der Waals surface area contributed by atoms with Crippen molar-refractivity contribution in [1.82, 2.24) is 9.88 Å². The summed E-state index contributed by atoms with van der Waals surface area (Å²) in [5, 5.41) is 13.5. The second-order valence-corrected chi connectivity index (χ2v) is 10.1. The Hall–Kier alpha value is -3.54. The van der Waals surface area contributed by atoms with Crippen LogP contribution in [0.4, 0.5) is 10.5 Å². The number of rotatable bonds is 4. The Kier molecular flexibility index (Phi) is 5.47. The molecular weight excluding hydrogens is 426 g/mol. The van der Waals surface area contributed by atoms with Crippen molar-refractivity contribution in [3.63, 3.8) is 0 Å². The van der Waals surface area contributed by atoms with E-state index >= 15 is 0 Å². The fourth-order valence-electron chi connectivity index (χ4n) is 5.33. The number of benzene rings is 2. The van der Waals surface area contributed by atoms with Gasteiger partial charge < -0.3 is 15.2 Å². The lowest BCUT2D eigenvalue weighted by Gasteiger charge is -2.54. The van der Waals surface area contributed by atoms with Gasteiger partial charge in [0.25, 0.3) is 0 Å². The third-order valence-electron chi connectivity index (χ3n) is 6.90. The summed E-state index contributed by atoms with van der Waals surface area (Å²) < 4.78 is 5.83. The molecule has 1 fully saturated rings. The van der Waals surface area contributed by atoms with Crippen molar-refractivity contribution in [1.29, 1.82) is 0 Å². The van der Waals surface area contributed by atoms with E-state index in [1.165, 1.54) is 0 Å². The van der Waals surface area contributed by atoms with Crippen LogP contribution in [-0.4, -0.2) is 39.8 Å². The van der Waals surface area contributed by atoms with Crippen LogP contribution in [-0.2, 0) is 5.54 Å². The number of anilines is 1. The second kappa shape index (κ2) is 8.35. The number of carboxylic acid groups (broad SMARTS) is 1. The highest BCUT2D eigenvalue weighted by molar-refractivity contribution is 5.84. The van der Waals surface area contributed by atoms with Crippen molar-refractivity contribution >= 4 is 11.8 Å². The van der Waals surface area contributed by atoms with Crippen LogP contribution in [0.15, 0.2) is 60.7 Å². The van der Waals surface area contributed by atoms with E-state index in [4.69, 9.17) is 9.72 Å².